The molecule has 0 saturated heterocycles. The number of hydroxylamine groups is 3. The van der Waals surface area contributed by atoms with Gasteiger partial charge in [-0.25, -0.2) is 0 Å². The van der Waals surface area contributed by atoms with Gasteiger partial charge in [0, 0.05) is 11.1 Å². The van der Waals surface area contributed by atoms with E-state index in [4.69, 9.17) is 0 Å². The molecule has 2 aromatic carbocycles. The minimum atomic E-state index is -0.151. The van der Waals surface area contributed by atoms with Crippen molar-refractivity contribution in [2.24, 2.45) is 0 Å². The van der Waals surface area contributed by atoms with Gasteiger partial charge in [-0.2, -0.15) is 0 Å². The number of rotatable bonds is 11. The normalized spacial score (nSPS) is 11.6. The summed E-state index contributed by atoms with van der Waals surface area (Å²) in [7, 11) is 0. The van der Waals surface area contributed by atoms with Crippen LogP contribution in [-0.4, -0.2) is 11.2 Å². The molecule has 0 spiro atoms. The summed E-state index contributed by atoms with van der Waals surface area (Å²) in [6.07, 6.45) is 7.32. The van der Waals surface area contributed by atoms with E-state index < -0.39 is 0 Å². The van der Waals surface area contributed by atoms with Crippen molar-refractivity contribution in [2.75, 3.05) is 6.54 Å². The van der Waals surface area contributed by atoms with E-state index in [1.807, 2.05) is 36.4 Å². The summed E-state index contributed by atoms with van der Waals surface area (Å²) in [5.41, 5.74) is 2.27. The molecule has 0 aliphatic heterocycles. The van der Waals surface area contributed by atoms with E-state index in [0.29, 0.717) is 19.6 Å². The van der Waals surface area contributed by atoms with Crippen molar-refractivity contribution in [1.29, 1.82) is 0 Å². The molecule has 0 unspecified atom stereocenters. The number of hydrogen-bond donors (Lipinski definition) is 0. The minimum absolute atomic E-state index is 0.151. The summed E-state index contributed by atoms with van der Waals surface area (Å²) in [4.78, 5) is 0. The van der Waals surface area contributed by atoms with Crippen LogP contribution < -0.4 is 0 Å². The van der Waals surface area contributed by atoms with Gasteiger partial charge < -0.3 is 9.85 Å². The van der Waals surface area contributed by atoms with Crippen LogP contribution in [0.25, 0.3) is 0 Å². The molecule has 0 aromatic heterocycles. The van der Waals surface area contributed by atoms with Gasteiger partial charge in [-0.05, 0) is 12.8 Å². The van der Waals surface area contributed by atoms with Gasteiger partial charge in [0.05, 0.1) is 6.54 Å². The van der Waals surface area contributed by atoms with E-state index in [1.54, 1.807) is 0 Å². The van der Waals surface area contributed by atoms with E-state index in [9.17, 15) is 5.21 Å². The number of quaternary nitrogens is 1. The Hall–Kier alpha value is -1.64. The summed E-state index contributed by atoms with van der Waals surface area (Å²) in [6.45, 7) is 4.06. The molecule has 2 heteroatoms. The second-order valence-corrected chi connectivity index (χ2v) is 6.84. The van der Waals surface area contributed by atoms with Crippen LogP contribution >= 0.6 is 0 Å². The quantitative estimate of drug-likeness (QED) is 0.280. The predicted octanol–water partition coefficient (Wildman–Crippen LogP) is 6.06. The second-order valence-electron chi connectivity index (χ2n) is 6.84. The maximum absolute atomic E-state index is 13.5. The zero-order chi connectivity index (χ0) is 17.1. The van der Waals surface area contributed by atoms with Crippen molar-refractivity contribution < 1.29 is 4.65 Å². The fourth-order valence-corrected chi connectivity index (χ4v) is 3.23. The van der Waals surface area contributed by atoms with Crippen molar-refractivity contribution in [3.63, 3.8) is 0 Å². The zero-order valence-corrected chi connectivity index (χ0v) is 15.0. The zero-order valence-electron chi connectivity index (χ0n) is 15.0. The topological polar surface area (TPSA) is 23.1 Å². The van der Waals surface area contributed by atoms with Crippen LogP contribution in [-0.2, 0) is 13.1 Å². The molecule has 0 aliphatic carbocycles. The molecule has 2 rings (SSSR count). The van der Waals surface area contributed by atoms with Crippen LogP contribution in [0.2, 0.25) is 0 Å². The lowest BCUT2D eigenvalue weighted by Crippen LogP contribution is -2.41. The Morgan fingerprint density at radius 2 is 1.12 bits per heavy atom. The van der Waals surface area contributed by atoms with Gasteiger partial charge in [0.1, 0.15) is 13.1 Å². The summed E-state index contributed by atoms with van der Waals surface area (Å²) in [6, 6.07) is 20.4. The fourth-order valence-electron chi connectivity index (χ4n) is 3.23. The second kappa shape index (κ2) is 10.3. The Balaban J connectivity index is 1.95. The first-order valence-electron chi connectivity index (χ1n) is 9.37. The maximum Gasteiger partial charge on any atom is 0.104 e. The van der Waals surface area contributed by atoms with Crippen LogP contribution in [0, 0.1) is 5.21 Å². The average molecular weight is 325 g/mol. The van der Waals surface area contributed by atoms with Crippen LogP contribution in [0.1, 0.15) is 56.6 Å². The minimum Gasteiger partial charge on any atom is -0.632 e. The Labute approximate surface area is 147 Å². The summed E-state index contributed by atoms with van der Waals surface area (Å²) >= 11 is 0. The molecule has 0 radical (unpaired) electrons. The molecule has 0 atom stereocenters. The molecule has 0 aliphatic rings. The standard InChI is InChI=1S/C22H31NO/c1-2-3-4-5-6-13-18-23(24,19-21-14-9-7-10-15-21)20-22-16-11-8-12-17-22/h7-12,14-17H,2-6,13,18-20H2,1H3. The summed E-state index contributed by atoms with van der Waals surface area (Å²) in [5, 5.41) is 13.5. The molecule has 0 saturated carbocycles. The molecular weight excluding hydrogens is 294 g/mol. The predicted molar refractivity (Wildman–Crippen MR) is 102 cm³/mol. The molecule has 130 valence electrons. The smallest absolute Gasteiger partial charge is 0.104 e. The van der Waals surface area contributed by atoms with Crippen molar-refractivity contribution in [3.05, 3.63) is 77.0 Å². The van der Waals surface area contributed by atoms with E-state index in [2.05, 4.69) is 31.2 Å². The van der Waals surface area contributed by atoms with Gasteiger partial charge in [0.2, 0.25) is 0 Å². The van der Waals surface area contributed by atoms with E-state index >= 15 is 0 Å². The molecule has 24 heavy (non-hydrogen) atoms. The van der Waals surface area contributed by atoms with Crippen LogP contribution in [0.3, 0.4) is 0 Å². The van der Waals surface area contributed by atoms with Gasteiger partial charge in [-0.1, -0.05) is 93.3 Å². The Kier molecular flexibility index (Phi) is 8.00. The third-order valence-electron chi connectivity index (χ3n) is 4.55. The third-order valence-corrected chi connectivity index (χ3v) is 4.55. The number of unbranched alkanes of at least 4 members (excludes halogenated alkanes) is 5. The van der Waals surface area contributed by atoms with Crippen LogP contribution in [0.15, 0.2) is 60.7 Å². The molecule has 0 N–H and O–H groups in total. The first kappa shape index (κ1) is 18.7. The fraction of sp³-hybridized carbons (Fsp3) is 0.455. The van der Waals surface area contributed by atoms with Crippen LogP contribution in [0.4, 0.5) is 0 Å². The number of hydrogen-bond acceptors (Lipinski definition) is 1. The van der Waals surface area contributed by atoms with Gasteiger partial charge in [0.15, 0.2) is 0 Å². The third kappa shape index (κ3) is 6.86. The molecule has 2 aromatic rings. The molecule has 0 heterocycles. The Bertz CT molecular complexity index is 511. The van der Waals surface area contributed by atoms with Crippen molar-refractivity contribution in [2.45, 2.75) is 58.5 Å². The van der Waals surface area contributed by atoms with Gasteiger partial charge in [-0.3, -0.25) is 0 Å². The van der Waals surface area contributed by atoms with Crippen molar-refractivity contribution >= 4 is 0 Å². The summed E-state index contributed by atoms with van der Waals surface area (Å²) in [5.74, 6) is 0. The highest BCUT2D eigenvalue weighted by Gasteiger charge is 2.18. The van der Waals surface area contributed by atoms with Gasteiger partial charge in [0.25, 0.3) is 0 Å². The largest absolute Gasteiger partial charge is 0.632 e. The van der Waals surface area contributed by atoms with E-state index in [1.165, 1.54) is 32.1 Å². The van der Waals surface area contributed by atoms with Crippen molar-refractivity contribution in [3.8, 4) is 0 Å². The first-order chi connectivity index (χ1) is 11.7. The lowest BCUT2D eigenvalue weighted by Gasteiger charge is -2.43. The van der Waals surface area contributed by atoms with E-state index in [0.717, 1.165) is 17.5 Å². The molecule has 0 amide bonds. The molecular formula is C22H31NO. The molecule has 0 fully saturated rings. The lowest BCUT2D eigenvalue weighted by molar-refractivity contribution is -0.907. The SMILES string of the molecule is CCCCCCCC[N+]([O-])(Cc1ccccc1)Cc1ccccc1. The monoisotopic (exact) mass is 325 g/mol. The lowest BCUT2D eigenvalue weighted by atomic mass is 10.1. The highest BCUT2D eigenvalue weighted by atomic mass is 16.5. The molecule has 0 bridgehead atoms. The highest BCUT2D eigenvalue weighted by Crippen LogP contribution is 2.20. The van der Waals surface area contributed by atoms with Crippen LogP contribution in [0.5, 0.6) is 0 Å². The highest BCUT2D eigenvalue weighted by molar-refractivity contribution is 5.15. The molecule has 2 nitrogen and oxygen atoms in total. The van der Waals surface area contributed by atoms with Gasteiger partial charge >= 0.3 is 0 Å². The average Bonchev–Trinajstić information content (AvgIpc) is 2.60. The first-order valence-corrected chi connectivity index (χ1v) is 9.37. The van der Waals surface area contributed by atoms with Gasteiger partial charge in [-0.15, -0.1) is 0 Å². The number of benzene rings is 2. The Morgan fingerprint density at radius 3 is 1.62 bits per heavy atom. The number of nitrogens with zero attached hydrogens (tertiary/aromatic N) is 1. The summed E-state index contributed by atoms with van der Waals surface area (Å²) < 4.78 is -0.151. The van der Waals surface area contributed by atoms with Crippen molar-refractivity contribution in [1.82, 2.24) is 0 Å². The Morgan fingerprint density at radius 1 is 0.667 bits per heavy atom. The maximum atomic E-state index is 13.5. The van der Waals surface area contributed by atoms with E-state index in [-0.39, 0.29) is 4.65 Å².